The van der Waals surface area contributed by atoms with Gasteiger partial charge < -0.3 is 120 Å². The Hall–Kier alpha value is -13.5. The Morgan fingerprint density at radius 2 is 0.936 bits per heavy atom. The van der Waals surface area contributed by atoms with E-state index in [0.29, 0.717) is 221 Å². The number of hydrogen-bond acceptors (Lipinski definition) is 29. The number of allylic oxidation sites excluding steroid dienone is 2. The van der Waals surface area contributed by atoms with E-state index in [9.17, 15) is 47.9 Å². The third-order valence-electron chi connectivity index (χ3n) is 23.3. The number of Topliss-reactive ketones (excluding diaryl/α,β-unsaturated/α-hetero) is 2. The summed E-state index contributed by atoms with van der Waals surface area (Å²) in [5.74, 6) is 1.11. The maximum Gasteiger partial charge on any atom is 0.410 e. The summed E-state index contributed by atoms with van der Waals surface area (Å²) in [5.41, 5.74) is 25.2. The Bertz CT molecular complexity index is 5780. The zero-order chi connectivity index (χ0) is 99.6. The SMILES string of the molecule is CC(=O)NCCOCCOCCOCCOCCC(=O)C[C@H](C(=O)N[C@@H](CCCNC(N)=O)C(=O)Cc1ccc(COC(=O)N(Cc2ccc(Oc3ccc4cc3C/C=C/CCOc3nc(N)c5[nH]c(=O)n(c5n3)C4)cc2)C2CC2)cc1)C(C)C.CC(=O)NCCOCCOCCOCCOCCC(=O)N(Cc1ccc(Oc2ccc3cc2C/C=C/CCOc2nc(N)c4[nH]c(=O)n(c4n2)C3)cc1)C1CC1. The number of primary amides is 1. The van der Waals surface area contributed by atoms with E-state index in [0.717, 1.165) is 64.6 Å². The highest BCUT2D eigenvalue weighted by molar-refractivity contribution is 5.93. The molecule has 2 fully saturated rings. The molecule has 6 heterocycles. The highest BCUT2D eigenvalue weighted by Gasteiger charge is 2.36. The van der Waals surface area contributed by atoms with Crippen LogP contribution in [-0.4, -0.2) is 253 Å². The van der Waals surface area contributed by atoms with Crippen LogP contribution >= 0.6 is 0 Å². The Balaban J connectivity index is 0.000000274. The third-order valence-corrected chi connectivity index (χ3v) is 23.3. The molecular formula is C101H131N17O23. The molecule has 13 rings (SSSR count). The van der Waals surface area contributed by atoms with Crippen molar-refractivity contribution in [1.29, 1.82) is 0 Å². The summed E-state index contributed by atoms with van der Waals surface area (Å²) in [5, 5.41) is 10.7. The van der Waals surface area contributed by atoms with Crippen LogP contribution in [0.2, 0.25) is 0 Å². The molecular weight excluding hydrogens is 1820 g/mol. The number of H-pyrrole nitrogens is 2. The fraction of sp³-hybridized carbons (Fsp3) is 0.485. The second-order valence-corrected chi connectivity index (χ2v) is 34.8. The quantitative estimate of drug-likeness (QED) is 0.0127. The van der Waals surface area contributed by atoms with Crippen LogP contribution in [0.15, 0.2) is 143 Å². The Labute approximate surface area is 817 Å². The Morgan fingerprint density at radius 3 is 1.39 bits per heavy atom. The van der Waals surface area contributed by atoms with E-state index in [2.05, 4.69) is 57.2 Å². The lowest BCUT2D eigenvalue weighted by molar-refractivity contribution is -0.134. The van der Waals surface area contributed by atoms with Crippen LogP contribution in [0.5, 0.6) is 35.0 Å². The molecule has 5 aromatic carbocycles. The van der Waals surface area contributed by atoms with Gasteiger partial charge in [0.2, 0.25) is 23.6 Å². The van der Waals surface area contributed by atoms with Crippen molar-refractivity contribution in [3.63, 3.8) is 0 Å². The van der Waals surface area contributed by atoms with Crippen molar-refractivity contribution in [3.05, 3.63) is 199 Å². The lowest BCUT2D eigenvalue weighted by atomic mass is 9.88. The number of ketones is 2. The minimum atomic E-state index is -0.901. The zero-order valence-corrected chi connectivity index (χ0v) is 80.6. The molecule has 40 heteroatoms. The van der Waals surface area contributed by atoms with Crippen LogP contribution in [0.1, 0.15) is 143 Å². The first-order valence-corrected chi connectivity index (χ1v) is 48.1. The lowest BCUT2D eigenvalue weighted by Crippen LogP contribution is -2.46. The van der Waals surface area contributed by atoms with Gasteiger partial charge in [0.25, 0.3) is 0 Å². The van der Waals surface area contributed by atoms with Gasteiger partial charge in [0.15, 0.2) is 28.7 Å². The minimum Gasteiger partial charge on any atom is -0.463 e. The molecule has 0 saturated heterocycles. The van der Waals surface area contributed by atoms with Crippen LogP contribution in [-0.2, 0) is 123 Å². The number of aromatic amines is 2. The highest BCUT2D eigenvalue weighted by Crippen LogP contribution is 2.35. The highest BCUT2D eigenvalue weighted by atomic mass is 16.6. The summed E-state index contributed by atoms with van der Waals surface area (Å²) >= 11 is 0. The maximum atomic E-state index is 13.9. The molecule has 8 bridgehead atoms. The van der Waals surface area contributed by atoms with E-state index < -0.39 is 30.0 Å². The van der Waals surface area contributed by atoms with E-state index in [-0.39, 0.29) is 147 Å². The molecule has 0 spiro atoms. The number of amides is 7. The van der Waals surface area contributed by atoms with Crippen molar-refractivity contribution < 1.29 is 99.9 Å². The van der Waals surface area contributed by atoms with Gasteiger partial charge in [-0.25, -0.2) is 19.2 Å². The number of hydrogen-bond donors (Lipinski definition) is 9. The minimum absolute atomic E-state index is 0.00543. The van der Waals surface area contributed by atoms with Crippen LogP contribution in [0.4, 0.5) is 21.2 Å². The number of fused-ring (bicyclic) bond motifs is 6. The molecule has 4 aromatic heterocycles. The van der Waals surface area contributed by atoms with Gasteiger partial charge in [-0.3, -0.25) is 37.9 Å². The number of aromatic nitrogens is 8. The topological polar surface area (TPSA) is 516 Å². The molecule has 758 valence electrons. The molecule has 2 aliphatic carbocycles. The van der Waals surface area contributed by atoms with Crippen molar-refractivity contribution in [2.24, 2.45) is 17.6 Å². The van der Waals surface area contributed by atoms with E-state index in [4.69, 9.17) is 78.8 Å². The number of nitrogens with zero attached hydrogens (tertiary/aromatic N) is 8. The molecule has 0 radical (unpaired) electrons. The first kappa shape index (κ1) is 106. The summed E-state index contributed by atoms with van der Waals surface area (Å²) in [4.78, 5) is 153. The van der Waals surface area contributed by atoms with Crippen LogP contribution in [0.25, 0.3) is 22.3 Å². The summed E-state index contributed by atoms with van der Waals surface area (Å²) in [7, 11) is 0. The number of ether oxygens (including phenoxy) is 13. The molecule has 2 atom stereocenters. The number of anilines is 2. The van der Waals surface area contributed by atoms with Gasteiger partial charge in [-0.05, 0) is 163 Å². The number of urea groups is 1. The van der Waals surface area contributed by atoms with E-state index in [1.807, 2.05) is 122 Å². The first-order chi connectivity index (χ1) is 68.4. The van der Waals surface area contributed by atoms with Gasteiger partial charge in [-0.1, -0.05) is 98.8 Å². The van der Waals surface area contributed by atoms with Crippen molar-refractivity contribution >= 4 is 81.3 Å². The summed E-state index contributed by atoms with van der Waals surface area (Å²) in [6.45, 7) is 15.9. The van der Waals surface area contributed by atoms with Gasteiger partial charge in [0, 0.05) is 83.8 Å². The predicted octanol–water partition coefficient (Wildman–Crippen LogP) is 9.10. The molecule has 2 saturated carbocycles. The average Bonchev–Trinajstić information content (AvgIpc) is 1.64. The number of imidazole rings is 2. The number of carbonyl (C=O) groups excluding carboxylic acids is 8. The molecule has 141 heavy (non-hydrogen) atoms. The molecule has 12 N–H and O–H groups in total. The number of benzene rings is 5. The van der Waals surface area contributed by atoms with Gasteiger partial charge in [-0.2, -0.15) is 19.9 Å². The van der Waals surface area contributed by atoms with Gasteiger partial charge >= 0.3 is 35.5 Å². The zero-order valence-electron chi connectivity index (χ0n) is 80.6. The number of nitrogens with one attached hydrogen (secondary N) is 6. The monoisotopic (exact) mass is 1950 g/mol. The first-order valence-electron chi connectivity index (χ1n) is 48.1. The molecule has 4 aliphatic rings. The fourth-order valence-corrected chi connectivity index (χ4v) is 15.4. The number of nitrogens with two attached hydrogens (primary N) is 3. The maximum absolute atomic E-state index is 13.9. The molecule has 2 aliphatic heterocycles. The third kappa shape index (κ3) is 35.7. The van der Waals surface area contributed by atoms with E-state index in [1.165, 1.54) is 23.0 Å². The van der Waals surface area contributed by atoms with E-state index >= 15 is 0 Å². The summed E-state index contributed by atoms with van der Waals surface area (Å²) < 4.78 is 77.1. The average molecular weight is 1950 g/mol. The fourth-order valence-electron chi connectivity index (χ4n) is 15.4. The molecule has 7 amide bonds. The largest absolute Gasteiger partial charge is 0.463 e. The van der Waals surface area contributed by atoms with E-state index in [1.54, 1.807) is 29.2 Å². The van der Waals surface area contributed by atoms with Gasteiger partial charge in [0.05, 0.1) is 144 Å². The number of nitrogen functional groups attached to an aromatic ring is 2. The molecule has 40 nitrogen and oxygen atoms in total. The van der Waals surface area contributed by atoms with Gasteiger partial charge in [-0.15, -0.1) is 0 Å². The van der Waals surface area contributed by atoms with Crippen LogP contribution < -0.4 is 68.8 Å². The number of rotatable bonds is 54. The van der Waals surface area contributed by atoms with Crippen LogP contribution in [0.3, 0.4) is 0 Å². The van der Waals surface area contributed by atoms with Gasteiger partial charge in [0.1, 0.15) is 46.4 Å². The molecule has 0 unspecified atom stereocenters. The Morgan fingerprint density at radius 1 is 0.504 bits per heavy atom. The second-order valence-electron chi connectivity index (χ2n) is 34.8. The summed E-state index contributed by atoms with van der Waals surface area (Å²) in [6.07, 6.45) is 14.9. The smallest absolute Gasteiger partial charge is 0.410 e. The van der Waals surface area contributed by atoms with Crippen molar-refractivity contribution in [3.8, 4) is 35.0 Å². The lowest BCUT2D eigenvalue weighted by Gasteiger charge is -2.24. The van der Waals surface area contributed by atoms with Crippen LogP contribution in [0, 0.1) is 11.8 Å². The van der Waals surface area contributed by atoms with Crippen molar-refractivity contribution in [1.82, 2.24) is 70.1 Å². The van der Waals surface area contributed by atoms with Crippen molar-refractivity contribution in [2.75, 3.05) is 150 Å². The summed E-state index contributed by atoms with van der Waals surface area (Å²) in [6, 6.07) is 33.2. The normalized spacial score (nSPS) is 14.3. The second kappa shape index (κ2) is 56.1. The standard InChI is InChI=1S/C61H80N10O14.C40H51N7O9/c1-40(2)50(36-48(73)22-26-79-28-30-81-32-33-82-31-29-80-27-24-64-41(3)72)57(75)66-51(9-7-23-65-58(63)76)52(74)35-42-10-12-44(13-11-42)39-84-61(78)70(47-17-18-47)37-43-14-19-49(20-15-43)85-53-21-16-45-34-46(53)8-5-4-6-25-83-59-68-55(62)54-56(69-59)71(38-45)60(77)67-54;1-28(48)42-15-18-52-20-22-54-24-23-53-21-19-51-17-14-35(49)46(32-9-10-32)26-29-6-11-33(12-7-29)56-34-13-8-30-25-31(34)5-3-2-4-16-55-39-44-37(41)36-38(45-39)47(27-30)40(50)43-36/h4-5,10-16,19-21,34,40,47,50-51H,6-9,17-18,22-33,35-39H2,1-3H3,(H,64,72)(H,66,75)(H,67,77)(H2,62,68,69)(H3,63,65,76);2-3,6-8,11-13,25,32H,4-5,9-10,14-24,26-27H2,1H3,(H,42,48)(H,43,50)(H2,41,44,45)/b5-4+;3-2+/t50-,51-;/m0./s1. The molecule has 9 aromatic rings. The number of carbonyl (C=O) groups is 8. The van der Waals surface area contributed by atoms with Crippen molar-refractivity contribution in [2.45, 2.75) is 168 Å². The Kier molecular flexibility index (Phi) is 42.3. The predicted molar refractivity (Wildman–Crippen MR) is 522 cm³/mol.